The van der Waals surface area contributed by atoms with Crippen molar-refractivity contribution in [3.05, 3.63) is 16.6 Å². The predicted octanol–water partition coefficient (Wildman–Crippen LogP) is 3.09. The summed E-state index contributed by atoms with van der Waals surface area (Å²) in [7, 11) is 0. The van der Waals surface area contributed by atoms with E-state index < -0.39 is 0 Å². The Hall–Kier alpha value is -0.450. The molecule has 0 saturated carbocycles. The summed E-state index contributed by atoms with van der Waals surface area (Å²) in [5.74, 6) is 0.724. The molecule has 0 radical (unpaired) electrons. The molecule has 1 aromatic heterocycles. The molecule has 3 nitrogen and oxygen atoms in total. The summed E-state index contributed by atoms with van der Waals surface area (Å²) in [4.78, 5) is 7.17. The first kappa shape index (κ1) is 14.9. The smallest absolute Gasteiger partial charge is 0.112 e. The summed E-state index contributed by atoms with van der Waals surface area (Å²) in [6, 6.07) is 1.15. The molecule has 3 atom stereocenters. The number of rotatable bonds is 4. The van der Waals surface area contributed by atoms with Crippen molar-refractivity contribution >= 4 is 11.3 Å². The number of piperazine rings is 1. The van der Waals surface area contributed by atoms with Crippen LogP contribution in [-0.2, 0) is 5.54 Å². The van der Waals surface area contributed by atoms with E-state index in [2.05, 4.69) is 55.2 Å². The Morgan fingerprint density at radius 1 is 1.58 bits per heavy atom. The third kappa shape index (κ3) is 3.01. The average molecular weight is 281 g/mol. The molecule has 19 heavy (non-hydrogen) atoms. The van der Waals surface area contributed by atoms with Crippen LogP contribution in [0.4, 0.5) is 0 Å². The molecule has 1 aliphatic rings. The Kier molecular flexibility index (Phi) is 4.64. The van der Waals surface area contributed by atoms with E-state index in [9.17, 15) is 0 Å². The lowest BCUT2D eigenvalue weighted by Gasteiger charge is -2.48. The highest BCUT2D eigenvalue weighted by molar-refractivity contribution is 7.09. The lowest BCUT2D eigenvalue weighted by molar-refractivity contribution is 0.0252. The Labute approximate surface area is 121 Å². The van der Waals surface area contributed by atoms with Gasteiger partial charge in [-0.1, -0.05) is 20.3 Å². The van der Waals surface area contributed by atoms with Gasteiger partial charge in [-0.2, -0.15) is 0 Å². The van der Waals surface area contributed by atoms with E-state index in [-0.39, 0.29) is 5.54 Å². The quantitative estimate of drug-likeness (QED) is 0.919. The maximum atomic E-state index is 4.54. The first-order valence-corrected chi connectivity index (χ1v) is 8.24. The number of thiazole rings is 1. The van der Waals surface area contributed by atoms with Crippen molar-refractivity contribution in [1.29, 1.82) is 0 Å². The van der Waals surface area contributed by atoms with Gasteiger partial charge in [0.25, 0.3) is 0 Å². The molecule has 0 amide bonds. The van der Waals surface area contributed by atoms with Crippen LogP contribution >= 0.6 is 11.3 Å². The van der Waals surface area contributed by atoms with Crippen molar-refractivity contribution < 1.29 is 0 Å². The molecule has 0 bridgehead atoms. The van der Waals surface area contributed by atoms with Gasteiger partial charge in [0.1, 0.15) is 5.01 Å². The fourth-order valence-electron chi connectivity index (χ4n) is 2.98. The van der Waals surface area contributed by atoms with Crippen LogP contribution in [-0.4, -0.2) is 35.1 Å². The predicted molar refractivity (Wildman–Crippen MR) is 82.6 cm³/mol. The Morgan fingerprint density at radius 2 is 2.32 bits per heavy atom. The van der Waals surface area contributed by atoms with Gasteiger partial charge < -0.3 is 5.32 Å². The summed E-state index contributed by atoms with van der Waals surface area (Å²) in [5, 5.41) is 7.01. The fraction of sp³-hybridized carbons (Fsp3) is 0.800. The molecule has 0 aromatic carbocycles. The van der Waals surface area contributed by atoms with Gasteiger partial charge in [-0.25, -0.2) is 4.98 Å². The van der Waals surface area contributed by atoms with Crippen LogP contribution in [0.3, 0.4) is 0 Å². The molecule has 1 N–H and O–H groups in total. The number of hydrogen-bond donors (Lipinski definition) is 1. The largest absolute Gasteiger partial charge is 0.311 e. The van der Waals surface area contributed by atoms with Crippen molar-refractivity contribution in [1.82, 2.24) is 15.2 Å². The molecule has 0 spiro atoms. The lowest BCUT2D eigenvalue weighted by atomic mass is 9.91. The van der Waals surface area contributed by atoms with Gasteiger partial charge in [-0.15, -0.1) is 11.3 Å². The minimum absolute atomic E-state index is 0.0292. The third-order valence-corrected chi connectivity index (χ3v) is 5.69. The second kappa shape index (κ2) is 5.90. The highest BCUT2D eigenvalue weighted by atomic mass is 32.1. The molecule has 2 heterocycles. The molecular weight excluding hydrogens is 254 g/mol. The van der Waals surface area contributed by atoms with Crippen molar-refractivity contribution in [3.63, 3.8) is 0 Å². The van der Waals surface area contributed by atoms with E-state index in [1.807, 2.05) is 6.20 Å². The van der Waals surface area contributed by atoms with Gasteiger partial charge in [-0.3, -0.25) is 4.90 Å². The standard InChI is InChI=1S/C15H27N3S/c1-6-11(2)13-10-18(12(3)9-17-13)15(4,5)14-16-7-8-19-14/h7-8,11-13,17H,6,9-10H2,1-5H3. The monoisotopic (exact) mass is 281 g/mol. The van der Waals surface area contributed by atoms with Crippen LogP contribution in [0.5, 0.6) is 0 Å². The van der Waals surface area contributed by atoms with E-state index in [0.717, 1.165) is 19.0 Å². The van der Waals surface area contributed by atoms with E-state index in [4.69, 9.17) is 0 Å². The number of aromatic nitrogens is 1. The zero-order valence-electron chi connectivity index (χ0n) is 12.8. The van der Waals surface area contributed by atoms with Crippen LogP contribution in [0, 0.1) is 5.92 Å². The molecule has 108 valence electrons. The molecule has 3 unspecified atom stereocenters. The van der Waals surface area contributed by atoms with Crippen LogP contribution in [0.15, 0.2) is 11.6 Å². The fourth-order valence-corrected chi connectivity index (χ4v) is 3.76. The zero-order chi connectivity index (χ0) is 14.0. The number of nitrogens with one attached hydrogen (secondary N) is 1. The maximum absolute atomic E-state index is 4.54. The van der Waals surface area contributed by atoms with Crippen molar-refractivity contribution in [2.45, 2.75) is 58.7 Å². The third-order valence-electron chi connectivity index (χ3n) is 4.61. The summed E-state index contributed by atoms with van der Waals surface area (Å²) in [5.41, 5.74) is 0.0292. The molecule has 1 fully saturated rings. The molecule has 1 aromatic rings. The molecule has 1 aliphatic heterocycles. The Balaban J connectivity index is 2.17. The van der Waals surface area contributed by atoms with Gasteiger partial charge in [0.2, 0.25) is 0 Å². The molecule has 4 heteroatoms. The van der Waals surface area contributed by atoms with Gasteiger partial charge in [0.15, 0.2) is 0 Å². The molecule has 1 saturated heterocycles. The highest BCUT2D eigenvalue weighted by Crippen LogP contribution is 2.33. The van der Waals surface area contributed by atoms with Crippen LogP contribution in [0.25, 0.3) is 0 Å². The molecular formula is C15H27N3S. The van der Waals surface area contributed by atoms with Crippen molar-refractivity contribution in [3.8, 4) is 0 Å². The van der Waals surface area contributed by atoms with Crippen molar-refractivity contribution in [2.75, 3.05) is 13.1 Å². The highest BCUT2D eigenvalue weighted by Gasteiger charge is 2.38. The van der Waals surface area contributed by atoms with Crippen LogP contribution in [0.2, 0.25) is 0 Å². The minimum Gasteiger partial charge on any atom is -0.311 e. The number of nitrogens with zero attached hydrogens (tertiary/aromatic N) is 2. The van der Waals surface area contributed by atoms with Crippen molar-refractivity contribution in [2.24, 2.45) is 5.92 Å². The Bertz CT molecular complexity index is 388. The second-order valence-electron chi connectivity index (χ2n) is 6.30. The Morgan fingerprint density at radius 3 is 2.89 bits per heavy atom. The van der Waals surface area contributed by atoms with E-state index in [1.54, 1.807) is 11.3 Å². The molecule has 2 rings (SSSR count). The zero-order valence-corrected chi connectivity index (χ0v) is 13.6. The van der Waals surface area contributed by atoms with Crippen LogP contribution < -0.4 is 5.32 Å². The topological polar surface area (TPSA) is 28.2 Å². The van der Waals surface area contributed by atoms with Gasteiger partial charge in [0, 0.05) is 36.8 Å². The van der Waals surface area contributed by atoms with Crippen LogP contribution in [0.1, 0.15) is 46.0 Å². The normalized spacial score (nSPS) is 27.4. The van der Waals surface area contributed by atoms with Gasteiger partial charge >= 0.3 is 0 Å². The minimum atomic E-state index is 0.0292. The SMILES string of the molecule is CCC(C)C1CN(C(C)(C)c2nccs2)C(C)CN1. The molecule has 0 aliphatic carbocycles. The summed E-state index contributed by atoms with van der Waals surface area (Å²) in [6.45, 7) is 13.7. The first-order chi connectivity index (χ1) is 8.96. The van der Waals surface area contributed by atoms with E-state index in [0.29, 0.717) is 12.1 Å². The van der Waals surface area contributed by atoms with E-state index in [1.165, 1.54) is 11.4 Å². The van der Waals surface area contributed by atoms with Gasteiger partial charge in [0.05, 0.1) is 5.54 Å². The average Bonchev–Trinajstić information content (AvgIpc) is 2.92. The maximum Gasteiger partial charge on any atom is 0.112 e. The first-order valence-electron chi connectivity index (χ1n) is 7.37. The summed E-state index contributed by atoms with van der Waals surface area (Å²) >= 11 is 1.77. The second-order valence-corrected chi connectivity index (χ2v) is 7.19. The van der Waals surface area contributed by atoms with E-state index >= 15 is 0 Å². The summed E-state index contributed by atoms with van der Waals surface area (Å²) in [6.07, 6.45) is 3.15. The number of hydrogen-bond acceptors (Lipinski definition) is 4. The lowest BCUT2D eigenvalue weighted by Crippen LogP contribution is -2.62. The summed E-state index contributed by atoms with van der Waals surface area (Å²) < 4.78 is 0. The van der Waals surface area contributed by atoms with Gasteiger partial charge in [-0.05, 0) is 26.7 Å².